The van der Waals surface area contributed by atoms with Gasteiger partial charge in [0, 0.05) is 20.1 Å². The topological polar surface area (TPSA) is 29.5 Å². The monoisotopic (exact) mass is 316 g/mol. The molecule has 3 rings (SSSR count). The van der Waals surface area contributed by atoms with Crippen LogP contribution in [0.4, 0.5) is 0 Å². The molecule has 1 aromatic carbocycles. The van der Waals surface area contributed by atoms with Crippen LogP contribution in [0.2, 0.25) is 0 Å². The Morgan fingerprint density at radius 3 is 2.87 bits per heavy atom. The Morgan fingerprint density at radius 2 is 2.13 bits per heavy atom. The summed E-state index contributed by atoms with van der Waals surface area (Å²) in [6.45, 7) is 8.42. The fourth-order valence-electron chi connectivity index (χ4n) is 4.04. The van der Waals surface area contributed by atoms with E-state index in [1.807, 2.05) is 6.07 Å². The van der Waals surface area contributed by atoms with Gasteiger partial charge in [-0.1, -0.05) is 31.4 Å². The lowest BCUT2D eigenvalue weighted by molar-refractivity contribution is 0.0107. The average Bonchev–Trinajstić information content (AvgIpc) is 2.51. The molecule has 1 N–H and O–H groups in total. The molecule has 0 radical (unpaired) electrons. The minimum absolute atomic E-state index is 0.142. The van der Waals surface area contributed by atoms with Crippen LogP contribution in [-0.4, -0.2) is 10.7 Å². The molecule has 0 aromatic heterocycles. The minimum atomic E-state index is -1.45. The lowest BCUT2D eigenvalue weighted by Crippen LogP contribution is -2.45. The number of aromatic hydroxyl groups is 1. The lowest BCUT2D eigenvalue weighted by atomic mass is 9.68. The number of allylic oxidation sites excluding steroid dienone is 2. The van der Waals surface area contributed by atoms with Gasteiger partial charge in [-0.15, -0.1) is 0 Å². The van der Waals surface area contributed by atoms with E-state index in [2.05, 4.69) is 33.8 Å². The van der Waals surface area contributed by atoms with E-state index in [0.29, 0.717) is 23.7 Å². The second-order valence-corrected chi connectivity index (χ2v) is 7.58. The summed E-state index contributed by atoms with van der Waals surface area (Å²) in [6, 6.07) is 3.44. The van der Waals surface area contributed by atoms with Gasteiger partial charge in [-0.3, -0.25) is 0 Å². The number of aryl methyl sites for hydroxylation is 1. The molecule has 0 fully saturated rings. The Hall–Kier alpha value is -1.44. The summed E-state index contributed by atoms with van der Waals surface area (Å²) in [5.74, 6) is 1.29. The third-order valence-corrected chi connectivity index (χ3v) is 5.33. The Labute approximate surface area is 143 Å². The van der Waals surface area contributed by atoms with Gasteiger partial charge in [0.25, 0.3) is 0 Å². The van der Waals surface area contributed by atoms with Crippen molar-refractivity contribution in [3.8, 4) is 11.5 Å². The largest absolute Gasteiger partial charge is 0.507 e. The Kier molecular flexibility index (Phi) is 3.77. The summed E-state index contributed by atoms with van der Waals surface area (Å²) in [5, 5.41) is 10.7. The molecule has 23 heavy (non-hydrogen) atoms. The van der Waals surface area contributed by atoms with E-state index in [1.165, 1.54) is 5.57 Å². The van der Waals surface area contributed by atoms with Crippen LogP contribution in [0.25, 0.3) is 0 Å². The number of fused-ring (bicyclic) bond motifs is 3. The van der Waals surface area contributed by atoms with Gasteiger partial charge in [0.05, 0.1) is 0 Å². The SMILES string of the molecule is [2H]C([2H])(CCCC)c1cc(O)c2c(c1)OC(C)(C)[C@@H]1CCC(C)=C[C@@H]21. The summed E-state index contributed by atoms with van der Waals surface area (Å²) >= 11 is 0. The number of unbranched alkanes of at least 4 members (excludes halogenated alkanes) is 1. The van der Waals surface area contributed by atoms with Crippen molar-refractivity contribution in [2.75, 3.05) is 0 Å². The van der Waals surface area contributed by atoms with Crippen molar-refractivity contribution < 1.29 is 12.6 Å². The molecule has 0 spiro atoms. The standard InChI is InChI=1S/C21H30O2/c1-5-6-7-8-15-12-18(22)20-16-11-14(2)9-10-17(16)21(3,4)23-19(20)13-15/h11-13,16-17,22H,5-10H2,1-4H3/t16-,17-/m1/s1/i8D2. The minimum Gasteiger partial charge on any atom is -0.507 e. The normalized spacial score (nSPS) is 27.0. The second kappa shape index (κ2) is 6.22. The van der Waals surface area contributed by atoms with Gasteiger partial charge >= 0.3 is 0 Å². The van der Waals surface area contributed by atoms with Crippen LogP contribution in [0.15, 0.2) is 23.8 Å². The number of rotatable bonds is 4. The maximum absolute atomic E-state index is 10.7. The average molecular weight is 316 g/mol. The first-order valence-electron chi connectivity index (χ1n) is 9.89. The number of ether oxygens (including phenoxy) is 1. The van der Waals surface area contributed by atoms with Crippen LogP contribution in [0, 0.1) is 5.92 Å². The Morgan fingerprint density at radius 1 is 1.35 bits per heavy atom. The fourth-order valence-corrected chi connectivity index (χ4v) is 4.04. The van der Waals surface area contributed by atoms with E-state index in [4.69, 9.17) is 7.48 Å². The number of phenols is 1. The van der Waals surface area contributed by atoms with Crippen LogP contribution in [0.1, 0.15) is 79.6 Å². The third kappa shape index (κ3) is 3.13. The van der Waals surface area contributed by atoms with Gasteiger partial charge in [-0.2, -0.15) is 0 Å². The van der Waals surface area contributed by atoms with E-state index in [9.17, 15) is 5.11 Å². The highest BCUT2D eigenvalue weighted by atomic mass is 16.5. The fraction of sp³-hybridized carbons (Fsp3) is 0.619. The molecule has 0 bridgehead atoms. The lowest BCUT2D eigenvalue weighted by Gasteiger charge is -2.46. The van der Waals surface area contributed by atoms with E-state index < -0.39 is 6.37 Å². The first-order chi connectivity index (χ1) is 11.7. The summed E-state index contributed by atoms with van der Waals surface area (Å²) in [5.41, 5.74) is 2.38. The van der Waals surface area contributed by atoms with Crippen LogP contribution < -0.4 is 4.74 Å². The number of benzene rings is 1. The zero-order valence-electron chi connectivity index (χ0n) is 16.8. The van der Waals surface area contributed by atoms with Crippen LogP contribution in [0.3, 0.4) is 0 Å². The molecule has 2 atom stereocenters. The smallest absolute Gasteiger partial charge is 0.127 e. The van der Waals surface area contributed by atoms with Gasteiger partial charge in [0.2, 0.25) is 0 Å². The van der Waals surface area contributed by atoms with Crippen LogP contribution >= 0.6 is 0 Å². The van der Waals surface area contributed by atoms with E-state index in [0.717, 1.165) is 31.2 Å². The van der Waals surface area contributed by atoms with Crippen LogP contribution in [0.5, 0.6) is 11.5 Å². The summed E-state index contributed by atoms with van der Waals surface area (Å²) in [4.78, 5) is 0. The predicted molar refractivity (Wildman–Crippen MR) is 95.3 cm³/mol. The number of hydrogen-bond donors (Lipinski definition) is 1. The quantitative estimate of drug-likeness (QED) is 0.718. The molecule has 0 saturated carbocycles. The molecule has 1 aliphatic heterocycles. The molecule has 1 aliphatic carbocycles. The third-order valence-electron chi connectivity index (χ3n) is 5.33. The highest BCUT2D eigenvalue weighted by molar-refractivity contribution is 5.53. The van der Waals surface area contributed by atoms with Gasteiger partial charge in [0.1, 0.15) is 17.1 Å². The van der Waals surface area contributed by atoms with Crippen molar-refractivity contribution in [3.05, 3.63) is 34.9 Å². The molecule has 0 unspecified atom stereocenters. The zero-order valence-corrected chi connectivity index (χ0v) is 14.8. The summed E-state index contributed by atoms with van der Waals surface area (Å²) in [6.07, 6.45) is 5.17. The van der Waals surface area contributed by atoms with Crippen molar-refractivity contribution in [1.82, 2.24) is 0 Å². The maximum Gasteiger partial charge on any atom is 0.127 e. The Balaban J connectivity index is 2.08. The van der Waals surface area contributed by atoms with E-state index in [-0.39, 0.29) is 17.3 Å². The van der Waals surface area contributed by atoms with Crippen molar-refractivity contribution in [2.24, 2.45) is 5.92 Å². The molecular weight excluding hydrogens is 284 g/mol. The molecular formula is C21H30O2. The zero-order chi connectivity index (χ0) is 18.4. The van der Waals surface area contributed by atoms with Gasteiger partial charge in [0.15, 0.2) is 0 Å². The molecule has 0 amide bonds. The van der Waals surface area contributed by atoms with E-state index in [1.54, 1.807) is 6.07 Å². The number of phenolic OH excluding ortho intramolecular Hbond substituents is 1. The molecule has 1 heterocycles. The van der Waals surface area contributed by atoms with Crippen molar-refractivity contribution in [1.29, 1.82) is 0 Å². The Bertz CT molecular complexity index is 691. The second-order valence-electron chi connectivity index (χ2n) is 7.58. The molecule has 0 saturated heterocycles. The maximum atomic E-state index is 10.7. The van der Waals surface area contributed by atoms with Crippen molar-refractivity contribution in [2.45, 2.75) is 77.7 Å². The van der Waals surface area contributed by atoms with Gasteiger partial charge < -0.3 is 9.84 Å². The van der Waals surface area contributed by atoms with Gasteiger partial charge in [-0.25, -0.2) is 0 Å². The van der Waals surface area contributed by atoms with Crippen LogP contribution in [-0.2, 0) is 6.37 Å². The molecule has 2 aliphatic rings. The van der Waals surface area contributed by atoms with Gasteiger partial charge in [-0.05, 0) is 64.1 Å². The summed E-state index contributed by atoms with van der Waals surface area (Å²) < 4.78 is 23.1. The summed E-state index contributed by atoms with van der Waals surface area (Å²) in [7, 11) is 0. The number of hydrogen-bond acceptors (Lipinski definition) is 2. The van der Waals surface area contributed by atoms with Crippen molar-refractivity contribution >= 4 is 0 Å². The first-order valence-corrected chi connectivity index (χ1v) is 8.89. The molecule has 1 aromatic rings. The predicted octanol–water partition coefficient (Wildman–Crippen LogP) is 5.74. The van der Waals surface area contributed by atoms with E-state index >= 15 is 0 Å². The first kappa shape index (κ1) is 13.9. The molecule has 2 heteroatoms. The highest BCUT2D eigenvalue weighted by Gasteiger charge is 2.45. The van der Waals surface area contributed by atoms with Crippen molar-refractivity contribution in [3.63, 3.8) is 0 Å². The molecule has 126 valence electrons. The molecule has 2 nitrogen and oxygen atoms in total. The highest BCUT2D eigenvalue weighted by Crippen LogP contribution is 2.53.